The number of amides is 1. The summed E-state index contributed by atoms with van der Waals surface area (Å²) < 4.78 is 0. The zero-order valence-corrected chi connectivity index (χ0v) is 19.7. The normalized spacial score (nSPS) is 21.4. The van der Waals surface area contributed by atoms with Gasteiger partial charge in [0.05, 0.1) is 6.54 Å². The lowest BCUT2D eigenvalue weighted by molar-refractivity contribution is 0.0958. The molecule has 1 aromatic carbocycles. The molecule has 0 saturated heterocycles. The van der Waals surface area contributed by atoms with E-state index in [4.69, 9.17) is 11.6 Å². The Hall–Kier alpha value is -1.85. The molecule has 3 rings (SSSR count). The van der Waals surface area contributed by atoms with Crippen molar-refractivity contribution in [2.75, 3.05) is 32.1 Å². The lowest BCUT2D eigenvalue weighted by Crippen LogP contribution is -2.42. The van der Waals surface area contributed by atoms with Crippen LogP contribution in [0, 0.1) is 6.92 Å². The van der Waals surface area contributed by atoms with Crippen LogP contribution in [0.5, 0.6) is 0 Å². The summed E-state index contributed by atoms with van der Waals surface area (Å²) in [4.78, 5) is 22.1. The van der Waals surface area contributed by atoms with Crippen LogP contribution in [0.25, 0.3) is 0 Å². The van der Waals surface area contributed by atoms with E-state index in [-0.39, 0.29) is 5.91 Å². The third-order valence-electron chi connectivity index (χ3n) is 6.48. The first-order valence-electron chi connectivity index (χ1n) is 11.0. The fraction of sp³-hybridized carbons (Fsp3) is 0.583. The van der Waals surface area contributed by atoms with Crippen LogP contribution < -0.4 is 10.2 Å². The molecule has 164 valence electrons. The molecule has 1 aliphatic carbocycles. The van der Waals surface area contributed by atoms with E-state index < -0.39 is 0 Å². The number of benzene rings is 1. The Morgan fingerprint density at radius 3 is 2.40 bits per heavy atom. The molecule has 1 amide bonds. The molecule has 1 aliphatic heterocycles. The smallest absolute Gasteiger partial charge is 0.251 e. The molecule has 30 heavy (non-hydrogen) atoms. The Labute approximate surface area is 186 Å². The number of aliphatic imine (C=N–C) groups is 1. The van der Waals surface area contributed by atoms with Crippen LogP contribution in [0.1, 0.15) is 61.9 Å². The van der Waals surface area contributed by atoms with Gasteiger partial charge in [0.2, 0.25) is 0 Å². The summed E-state index contributed by atoms with van der Waals surface area (Å²) in [5.41, 5.74) is 4.95. The third-order valence-corrected chi connectivity index (χ3v) is 6.70. The highest BCUT2D eigenvalue weighted by Gasteiger charge is 2.28. The standard InChI is InChI=1S/C24H35ClN4O/c1-6-29(21-9-7-20(8-10-21)28(4)5)23-13-18(25)12-22(17(23)3)24(30)27-15-19-11-16(2)14-26-19/h12-14,20-21H,6-11,15H2,1-5H3,(H,27,30). The molecule has 0 bridgehead atoms. The number of carbonyl (C=O) groups is 1. The van der Waals surface area contributed by atoms with Gasteiger partial charge in [-0.25, -0.2) is 0 Å². The van der Waals surface area contributed by atoms with Crippen molar-refractivity contribution in [3.05, 3.63) is 40.1 Å². The molecule has 5 nitrogen and oxygen atoms in total. The van der Waals surface area contributed by atoms with E-state index >= 15 is 0 Å². The van der Waals surface area contributed by atoms with Crippen molar-refractivity contribution in [2.45, 2.75) is 65.0 Å². The first-order chi connectivity index (χ1) is 14.3. The molecule has 1 saturated carbocycles. The molecule has 6 heteroatoms. The maximum absolute atomic E-state index is 12.9. The number of anilines is 1. The first kappa shape index (κ1) is 22.8. The van der Waals surface area contributed by atoms with Gasteiger partial charge in [-0.3, -0.25) is 9.79 Å². The second kappa shape index (κ2) is 9.97. The fourth-order valence-corrected chi connectivity index (χ4v) is 4.92. The van der Waals surface area contributed by atoms with Gasteiger partial charge in [-0.2, -0.15) is 0 Å². The predicted molar refractivity (Wildman–Crippen MR) is 127 cm³/mol. The number of allylic oxidation sites excluding steroid dienone is 1. The van der Waals surface area contributed by atoms with Crippen molar-refractivity contribution < 1.29 is 4.79 Å². The molecular weight excluding hydrogens is 396 g/mol. The van der Waals surface area contributed by atoms with Gasteiger partial charge in [-0.05, 0) is 83.8 Å². The second-order valence-electron chi connectivity index (χ2n) is 8.84. The van der Waals surface area contributed by atoms with E-state index in [1.54, 1.807) is 6.07 Å². The van der Waals surface area contributed by atoms with Gasteiger partial charge in [0.25, 0.3) is 5.91 Å². The maximum Gasteiger partial charge on any atom is 0.251 e. The van der Waals surface area contributed by atoms with Crippen molar-refractivity contribution in [1.29, 1.82) is 0 Å². The monoisotopic (exact) mass is 430 g/mol. The first-order valence-corrected chi connectivity index (χ1v) is 11.4. The SMILES string of the molecule is CCN(c1cc(Cl)cc(C(=O)NCC2=NC=C(C)C2)c1C)C1CCC(N(C)C)CC1. The zero-order valence-electron chi connectivity index (χ0n) is 19.0. The molecule has 1 N–H and O–H groups in total. The Morgan fingerprint density at radius 1 is 1.17 bits per heavy atom. The molecule has 1 fully saturated rings. The van der Waals surface area contributed by atoms with E-state index in [9.17, 15) is 4.79 Å². The van der Waals surface area contributed by atoms with Crippen molar-refractivity contribution in [3.8, 4) is 0 Å². The highest BCUT2D eigenvalue weighted by molar-refractivity contribution is 6.31. The average molecular weight is 431 g/mol. The van der Waals surface area contributed by atoms with E-state index in [1.165, 1.54) is 18.4 Å². The number of nitrogens with one attached hydrogen (secondary N) is 1. The van der Waals surface area contributed by atoms with Crippen molar-refractivity contribution in [2.24, 2.45) is 4.99 Å². The van der Waals surface area contributed by atoms with Gasteiger partial charge < -0.3 is 15.1 Å². The minimum atomic E-state index is -0.0872. The number of nitrogens with zero attached hydrogens (tertiary/aromatic N) is 3. The van der Waals surface area contributed by atoms with Gasteiger partial charge in [0, 0.05) is 53.2 Å². The van der Waals surface area contributed by atoms with E-state index in [1.807, 2.05) is 19.2 Å². The molecule has 0 spiro atoms. The summed E-state index contributed by atoms with van der Waals surface area (Å²) in [5, 5.41) is 3.63. The minimum Gasteiger partial charge on any atom is -0.369 e. The molecule has 2 aliphatic rings. The summed E-state index contributed by atoms with van der Waals surface area (Å²) in [6.07, 6.45) is 7.44. The maximum atomic E-state index is 12.9. The van der Waals surface area contributed by atoms with Crippen molar-refractivity contribution >= 4 is 28.9 Å². The summed E-state index contributed by atoms with van der Waals surface area (Å²) >= 11 is 6.47. The van der Waals surface area contributed by atoms with Crippen LogP contribution in [-0.4, -0.2) is 55.8 Å². The topological polar surface area (TPSA) is 47.9 Å². The zero-order chi connectivity index (χ0) is 21.8. The van der Waals surface area contributed by atoms with Crippen LogP contribution in [0.3, 0.4) is 0 Å². The number of carbonyl (C=O) groups excluding carboxylic acids is 1. The molecule has 1 heterocycles. The minimum absolute atomic E-state index is 0.0872. The van der Waals surface area contributed by atoms with Gasteiger partial charge in [0.1, 0.15) is 0 Å². The molecule has 1 aromatic rings. The summed E-state index contributed by atoms with van der Waals surface area (Å²) in [6, 6.07) is 4.95. The average Bonchev–Trinajstić information content (AvgIpc) is 3.14. The van der Waals surface area contributed by atoms with E-state index in [0.717, 1.165) is 42.8 Å². The quantitative estimate of drug-likeness (QED) is 0.674. The molecule has 0 radical (unpaired) electrons. The third kappa shape index (κ3) is 5.25. The number of hydrogen-bond acceptors (Lipinski definition) is 4. The highest BCUT2D eigenvalue weighted by Crippen LogP contribution is 2.34. The Kier molecular flexibility index (Phi) is 7.59. The summed E-state index contributed by atoms with van der Waals surface area (Å²) in [7, 11) is 4.34. The van der Waals surface area contributed by atoms with Crippen molar-refractivity contribution in [1.82, 2.24) is 10.2 Å². The fourth-order valence-electron chi connectivity index (χ4n) is 4.71. The van der Waals surface area contributed by atoms with Gasteiger partial charge in [-0.1, -0.05) is 11.6 Å². The van der Waals surface area contributed by atoms with Crippen molar-refractivity contribution in [3.63, 3.8) is 0 Å². The van der Waals surface area contributed by atoms with Gasteiger partial charge in [-0.15, -0.1) is 0 Å². The number of halogens is 1. The highest BCUT2D eigenvalue weighted by atomic mass is 35.5. The second-order valence-corrected chi connectivity index (χ2v) is 9.28. The van der Waals surface area contributed by atoms with Crippen LogP contribution in [0.4, 0.5) is 5.69 Å². The summed E-state index contributed by atoms with van der Waals surface area (Å²) in [6.45, 7) is 7.65. The predicted octanol–water partition coefficient (Wildman–Crippen LogP) is 4.83. The molecule has 0 unspecified atom stereocenters. The van der Waals surface area contributed by atoms with E-state index in [2.05, 4.69) is 48.1 Å². The van der Waals surface area contributed by atoms with Gasteiger partial charge >= 0.3 is 0 Å². The number of hydrogen-bond donors (Lipinski definition) is 1. The molecule has 0 atom stereocenters. The molecular formula is C24H35ClN4O. The lowest BCUT2D eigenvalue weighted by Gasteiger charge is -2.40. The molecule has 0 aromatic heterocycles. The van der Waals surface area contributed by atoms with Gasteiger partial charge in [0.15, 0.2) is 0 Å². The van der Waals surface area contributed by atoms with Crippen LogP contribution in [0.2, 0.25) is 5.02 Å². The Morgan fingerprint density at radius 2 is 1.83 bits per heavy atom. The van der Waals surface area contributed by atoms with Crippen LogP contribution in [-0.2, 0) is 0 Å². The van der Waals surface area contributed by atoms with Crippen LogP contribution >= 0.6 is 11.6 Å². The Bertz CT molecular complexity index is 838. The Balaban J connectivity index is 1.75. The van der Waals surface area contributed by atoms with Crippen LogP contribution in [0.15, 0.2) is 28.9 Å². The summed E-state index contributed by atoms with van der Waals surface area (Å²) in [5.74, 6) is -0.0872. The largest absolute Gasteiger partial charge is 0.369 e. The van der Waals surface area contributed by atoms with E-state index in [0.29, 0.717) is 29.2 Å². The number of rotatable bonds is 7. The lowest BCUT2D eigenvalue weighted by atomic mass is 9.89.